The molecule has 1 fully saturated rings. The molecule has 4 rings (SSSR count). The van der Waals surface area contributed by atoms with Crippen molar-refractivity contribution < 1.29 is 13.6 Å². The average Bonchev–Trinajstić information content (AvgIpc) is 3.17. The second-order valence-corrected chi connectivity index (χ2v) is 7.78. The zero-order valence-corrected chi connectivity index (χ0v) is 16.5. The fourth-order valence-electron chi connectivity index (χ4n) is 3.38. The van der Waals surface area contributed by atoms with Crippen molar-refractivity contribution in [1.82, 2.24) is 19.7 Å². The molecule has 0 spiro atoms. The molecule has 0 aliphatic carbocycles. The minimum Gasteiger partial charge on any atom is -0.342 e. The lowest BCUT2D eigenvalue weighted by atomic mass is 10.1. The van der Waals surface area contributed by atoms with Gasteiger partial charge in [-0.15, -0.1) is 10.2 Å². The van der Waals surface area contributed by atoms with Crippen molar-refractivity contribution in [3.05, 3.63) is 60.2 Å². The van der Waals surface area contributed by atoms with Crippen LogP contribution in [0, 0.1) is 11.6 Å². The zero-order valence-electron chi connectivity index (χ0n) is 15.7. The van der Waals surface area contributed by atoms with Crippen molar-refractivity contribution in [2.75, 3.05) is 18.8 Å². The molecule has 3 aromatic rings. The molecule has 1 amide bonds. The van der Waals surface area contributed by atoms with E-state index in [1.807, 2.05) is 35.2 Å². The van der Waals surface area contributed by atoms with Crippen LogP contribution < -0.4 is 0 Å². The van der Waals surface area contributed by atoms with Crippen LogP contribution in [0.5, 0.6) is 0 Å². The largest absolute Gasteiger partial charge is 0.342 e. The Hall–Kier alpha value is -2.74. The van der Waals surface area contributed by atoms with Crippen LogP contribution in [-0.4, -0.2) is 44.4 Å². The Kier molecular flexibility index (Phi) is 5.89. The minimum atomic E-state index is -0.716. The van der Waals surface area contributed by atoms with Gasteiger partial charge >= 0.3 is 0 Å². The highest BCUT2D eigenvalue weighted by molar-refractivity contribution is 7.99. The van der Waals surface area contributed by atoms with E-state index in [1.165, 1.54) is 28.5 Å². The van der Waals surface area contributed by atoms with Crippen molar-refractivity contribution in [3.8, 4) is 17.1 Å². The summed E-state index contributed by atoms with van der Waals surface area (Å²) in [7, 11) is 0. The summed E-state index contributed by atoms with van der Waals surface area (Å²) in [6.07, 6.45) is 3.19. The topological polar surface area (TPSA) is 51.0 Å². The predicted octanol–water partition coefficient (Wildman–Crippen LogP) is 4.32. The van der Waals surface area contributed by atoms with Gasteiger partial charge in [0.05, 0.1) is 11.4 Å². The van der Waals surface area contributed by atoms with Gasteiger partial charge in [0.1, 0.15) is 11.6 Å². The summed E-state index contributed by atoms with van der Waals surface area (Å²) in [5.74, 6) is -0.717. The Morgan fingerprint density at radius 3 is 2.48 bits per heavy atom. The van der Waals surface area contributed by atoms with Crippen LogP contribution in [0.25, 0.3) is 17.1 Å². The van der Waals surface area contributed by atoms with Crippen LogP contribution in [0.1, 0.15) is 19.3 Å². The summed E-state index contributed by atoms with van der Waals surface area (Å²) in [4.78, 5) is 14.4. The molecule has 8 heteroatoms. The lowest BCUT2D eigenvalue weighted by Crippen LogP contribution is -2.36. The minimum absolute atomic E-state index is 0.0325. The first kappa shape index (κ1) is 19.6. The van der Waals surface area contributed by atoms with Crippen LogP contribution in [0.15, 0.2) is 53.7 Å². The number of likely N-dealkylation sites (tertiary alicyclic amines) is 1. The van der Waals surface area contributed by atoms with Crippen LogP contribution in [0.3, 0.4) is 0 Å². The van der Waals surface area contributed by atoms with Crippen LogP contribution in [0.2, 0.25) is 0 Å². The molecule has 150 valence electrons. The van der Waals surface area contributed by atoms with E-state index >= 15 is 0 Å². The van der Waals surface area contributed by atoms with Gasteiger partial charge in [0.25, 0.3) is 0 Å². The number of halogens is 2. The van der Waals surface area contributed by atoms with E-state index in [2.05, 4.69) is 10.2 Å². The fraction of sp³-hybridized carbons (Fsp3) is 0.286. The number of carbonyl (C=O) groups excluding carboxylic acids is 1. The van der Waals surface area contributed by atoms with E-state index in [-0.39, 0.29) is 17.3 Å². The molecule has 1 aromatic heterocycles. The summed E-state index contributed by atoms with van der Waals surface area (Å²) in [6.45, 7) is 1.54. The second kappa shape index (κ2) is 8.73. The predicted molar refractivity (Wildman–Crippen MR) is 108 cm³/mol. The maximum Gasteiger partial charge on any atom is 0.233 e. The highest BCUT2D eigenvalue weighted by Gasteiger charge is 2.22. The van der Waals surface area contributed by atoms with E-state index in [0.717, 1.165) is 44.0 Å². The molecule has 0 unspecified atom stereocenters. The van der Waals surface area contributed by atoms with Gasteiger partial charge in [-0.2, -0.15) is 0 Å². The Labute approximate surface area is 171 Å². The summed E-state index contributed by atoms with van der Waals surface area (Å²) in [5.41, 5.74) is 0.890. The molecule has 0 saturated carbocycles. The molecular formula is C21H20F2N4OS. The SMILES string of the molecule is O=C(CSc1nnc(-c2ccccc2)n1-c1ccc(F)cc1F)N1CCCCC1. The van der Waals surface area contributed by atoms with Gasteiger partial charge < -0.3 is 4.90 Å². The van der Waals surface area contributed by atoms with E-state index in [4.69, 9.17) is 0 Å². The van der Waals surface area contributed by atoms with Gasteiger partial charge in [-0.05, 0) is 31.4 Å². The number of hydrogen-bond donors (Lipinski definition) is 0. The first-order chi connectivity index (χ1) is 14.1. The number of nitrogens with zero attached hydrogens (tertiary/aromatic N) is 4. The summed E-state index contributed by atoms with van der Waals surface area (Å²) < 4.78 is 29.6. The Morgan fingerprint density at radius 1 is 1.00 bits per heavy atom. The smallest absolute Gasteiger partial charge is 0.233 e. The second-order valence-electron chi connectivity index (χ2n) is 6.83. The van der Waals surface area contributed by atoms with Crippen molar-refractivity contribution in [2.45, 2.75) is 24.4 Å². The lowest BCUT2D eigenvalue weighted by molar-refractivity contribution is -0.129. The molecule has 5 nitrogen and oxygen atoms in total. The van der Waals surface area contributed by atoms with Crippen LogP contribution in [0.4, 0.5) is 8.78 Å². The number of carbonyl (C=O) groups is 1. The average molecular weight is 414 g/mol. The first-order valence-electron chi connectivity index (χ1n) is 9.50. The van der Waals surface area contributed by atoms with Crippen molar-refractivity contribution in [3.63, 3.8) is 0 Å². The Morgan fingerprint density at radius 2 is 1.76 bits per heavy atom. The summed E-state index contributed by atoms with van der Waals surface area (Å²) in [5, 5.41) is 8.81. The molecule has 0 atom stereocenters. The van der Waals surface area contributed by atoms with Crippen molar-refractivity contribution in [2.24, 2.45) is 0 Å². The molecule has 0 N–H and O–H groups in total. The van der Waals surface area contributed by atoms with Gasteiger partial charge in [-0.25, -0.2) is 8.78 Å². The highest BCUT2D eigenvalue weighted by Crippen LogP contribution is 2.29. The van der Waals surface area contributed by atoms with Crippen LogP contribution in [-0.2, 0) is 4.79 Å². The maximum atomic E-state index is 14.6. The number of aromatic nitrogens is 3. The Bertz CT molecular complexity index is 1000. The molecule has 0 radical (unpaired) electrons. The first-order valence-corrected chi connectivity index (χ1v) is 10.5. The van der Waals surface area contributed by atoms with Gasteiger partial charge in [-0.3, -0.25) is 9.36 Å². The lowest BCUT2D eigenvalue weighted by Gasteiger charge is -2.26. The van der Waals surface area contributed by atoms with E-state index < -0.39 is 11.6 Å². The number of benzene rings is 2. The van der Waals surface area contributed by atoms with Gasteiger partial charge in [0.15, 0.2) is 11.0 Å². The Balaban J connectivity index is 1.66. The molecular weight excluding hydrogens is 394 g/mol. The molecule has 0 bridgehead atoms. The monoisotopic (exact) mass is 414 g/mol. The molecule has 2 heterocycles. The number of amides is 1. The number of piperidine rings is 1. The fourth-order valence-corrected chi connectivity index (χ4v) is 4.23. The maximum absolute atomic E-state index is 14.6. The van der Waals surface area contributed by atoms with E-state index in [9.17, 15) is 13.6 Å². The molecule has 2 aromatic carbocycles. The summed E-state index contributed by atoms with van der Waals surface area (Å²) in [6, 6.07) is 12.6. The molecule has 1 aliphatic heterocycles. The summed E-state index contributed by atoms with van der Waals surface area (Å²) >= 11 is 1.21. The van der Waals surface area contributed by atoms with E-state index in [1.54, 1.807) is 0 Å². The third-order valence-corrected chi connectivity index (χ3v) is 5.76. The normalized spacial score (nSPS) is 14.2. The number of thioether (sulfide) groups is 1. The van der Waals surface area contributed by atoms with E-state index in [0.29, 0.717) is 11.0 Å². The standard InChI is InChI=1S/C21H20F2N4OS/c22-16-9-10-18(17(23)13-16)27-20(15-7-3-1-4-8-15)24-25-21(27)29-14-19(28)26-11-5-2-6-12-26/h1,3-4,7-10,13H,2,5-6,11-12,14H2. The molecule has 29 heavy (non-hydrogen) atoms. The highest BCUT2D eigenvalue weighted by atomic mass is 32.2. The molecule has 1 aliphatic rings. The van der Waals surface area contributed by atoms with Gasteiger partial charge in [0.2, 0.25) is 5.91 Å². The molecule has 1 saturated heterocycles. The van der Waals surface area contributed by atoms with Crippen molar-refractivity contribution in [1.29, 1.82) is 0 Å². The third kappa shape index (κ3) is 4.32. The van der Waals surface area contributed by atoms with Crippen LogP contribution >= 0.6 is 11.8 Å². The number of hydrogen-bond acceptors (Lipinski definition) is 4. The third-order valence-electron chi connectivity index (χ3n) is 4.85. The van der Waals surface area contributed by atoms with Crippen molar-refractivity contribution >= 4 is 17.7 Å². The van der Waals surface area contributed by atoms with Gasteiger partial charge in [-0.1, -0.05) is 42.1 Å². The van der Waals surface area contributed by atoms with Gasteiger partial charge in [0, 0.05) is 24.7 Å². The number of rotatable bonds is 5. The zero-order chi connectivity index (χ0) is 20.2. The quantitative estimate of drug-likeness (QED) is 0.584.